The van der Waals surface area contributed by atoms with Crippen LogP contribution in [0, 0.1) is 0 Å². The first-order valence-corrected chi connectivity index (χ1v) is 8.93. The molecule has 2 nitrogen and oxygen atoms in total. The van der Waals surface area contributed by atoms with E-state index in [0.717, 1.165) is 24.3 Å². The topological polar surface area (TPSA) is 15.3 Å². The van der Waals surface area contributed by atoms with Crippen molar-refractivity contribution in [1.82, 2.24) is 0 Å². The minimum atomic E-state index is 0.698. The Kier molecular flexibility index (Phi) is 5.81. The molecule has 0 saturated heterocycles. The Balaban J connectivity index is 1.84. The van der Waals surface area contributed by atoms with Crippen molar-refractivity contribution in [2.75, 3.05) is 10.2 Å². The third-order valence-corrected chi connectivity index (χ3v) is 4.41. The lowest BCUT2D eigenvalue weighted by Crippen LogP contribution is -2.34. The predicted molar refractivity (Wildman–Crippen MR) is 111 cm³/mol. The summed E-state index contributed by atoms with van der Waals surface area (Å²) in [6, 6.07) is 29.0. The second-order valence-electron chi connectivity index (χ2n) is 5.89. The first-order valence-electron chi connectivity index (χ1n) is 8.52. The standard InChI is InChI=1S/C22H22N2S/c1-2-18-12-9-13-20(16-18)23-22(25)24(21-14-7-4-8-15-21)17-19-10-5-3-6-11-19/h3-16H,2,17H2,1H3,(H,23,25). The number of hydrogen-bond donors (Lipinski definition) is 1. The molecule has 0 amide bonds. The van der Waals surface area contributed by atoms with E-state index in [4.69, 9.17) is 12.2 Å². The second kappa shape index (κ2) is 8.45. The van der Waals surface area contributed by atoms with E-state index in [9.17, 15) is 0 Å². The Morgan fingerprint density at radius 2 is 1.48 bits per heavy atom. The molecule has 0 saturated carbocycles. The summed E-state index contributed by atoms with van der Waals surface area (Å²) in [6.45, 7) is 2.88. The van der Waals surface area contributed by atoms with Crippen molar-refractivity contribution in [1.29, 1.82) is 0 Å². The van der Waals surface area contributed by atoms with Crippen LogP contribution in [0.3, 0.4) is 0 Å². The van der Waals surface area contributed by atoms with Crippen LogP contribution in [0.2, 0.25) is 0 Å². The lowest BCUT2D eigenvalue weighted by atomic mass is 10.1. The lowest BCUT2D eigenvalue weighted by Gasteiger charge is -2.26. The predicted octanol–water partition coefficient (Wildman–Crippen LogP) is 5.65. The minimum Gasteiger partial charge on any atom is -0.332 e. The number of nitrogens with one attached hydrogen (secondary N) is 1. The molecule has 0 heterocycles. The monoisotopic (exact) mass is 346 g/mol. The summed E-state index contributed by atoms with van der Waals surface area (Å²) in [5, 5.41) is 4.09. The van der Waals surface area contributed by atoms with Crippen molar-refractivity contribution in [3.63, 3.8) is 0 Å². The van der Waals surface area contributed by atoms with E-state index in [2.05, 4.69) is 77.8 Å². The van der Waals surface area contributed by atoms with E-state index in [1.54, 1.807) is 0 Å². The molecule has 25 heavy (non-hydrogen) atoms. The van der Waals surface area contributed by atoms with Crippen LogP contribution in [0.25, 0.3) is 0 Å². The molecule has 0 aliphatic carbocycles. The first-order chi connectivity index (χ1) is 12.3. The number of aryl methyl sites for hydroxylation is 1. The highest BCUT2D eigenvalue weighted by atomic mass is 32.1. The Hall–Kier alpha value is -2.65. The normalized spacial score (nSPS) is 10.3. The van der Waals surface area contributed by atoms with Gasteiger partial charge in [-0.1, -0.05) is 67.6 Å². The molecule has 0 aliphatic rings. The van der Waals surface area contributed by atoms with E-state index >= 15 is 0 Å². The molecular weight excluding hydrogens is 324 g/mol. The maximum absolute atomic E-state index is 5.73. The molecule has 0 atom stereocenters. The van der Waals surface area contributed by atoms with Gasteiger partial charge in [-0.25, -0.2) is 0 Å². The number of thiocarbonyl (C=S) groups is 1. The molecule has 0 aromatic heterocycles. The second-order valence-corrected chi connectivity index (χ2v) is 6.28. The van der Waals surface area contributed by atoms with Crippen LogP contribution in [-0.2, 0) is 13.0 Å². The molecule has 126 valence electrons. The fourth-order valence-electron chi connectivity index (χ4n) is 2.71. The molecule has 0 aliphatic heterocycles. The van der Waals surface area contributed by atoms with Gasteiger partial charge in [0, 0.05) is 11.4 Å². The summed E-state index contributed by atoms with van der Waals surface area (Å²) in [5.41, 5.74) is 4.62. The van der Waals surface area contributed by atoms with Crippen LogP contribution < -0.4 is 10.2 Å². The van der Waals surface area contributed by atoms with Gasteiger partial charge in [-0.2, -0.15) is 0 Å². The number of anilines is 2. The molecule has 0 fully saturated rings. The molecule has 3 aromatic rings. The zero-order valence-electron chi connectivity index (χ0n) is 14.4. The van der Waals surface area contributed by atoms with Crippen LogP contribution in [0.5, 0.6) is 0 Å². The van der Waals surface area contributed by atoms with Gasteiger partial charge in [0.25, 0.3) is 0 Å². The number of hydrogen-bond acceptors (Lipinski definition) is 1. The van der Waals surface area contributed by atoms with Crippen LogP contribution >= 0.6 is 12.2 Å². The minimum absolute atomic E-state index is 0.698. The fraction of sp³-hybridized carbons (Fsp3) is 0.136. The lowest BCUT2D eigenvalue weighted by molar-refractivity contribution is 1.01. The SMILES string of the molecule is CCc1cccc(NC(=S)N(Cc2ccccc2)c2ccccc2)c1. The van der Waals surface area contributed by atoms with Gasteiger partial charge in [-0.3, -0.25) is 0 Å². The van der Waals surface area contributed by atoms with Gasteiger partial charge in [0.1, 0.15) is 0 Å². The van der Waals surface area contributed by atoms with Crippen molar-refractivity contribution in [2.24, 2.45) is 0 Å². The molecule has 1 N–H and O–H groups in total. The summed E-state index contributed by atoms with van der Waals surface area (Å²) in [4.78, 5) is 2.13. The average molecular weight is 346 g/mol. The zero-order chi connectivity index (χ0) is 17.5. The summed E-state index contributed by atoms with van der Waals surface area (Å²) in [6.07, 6.45) is 1.01. The highest BCUT2D eigenvalue weighted by molar-refractivity contribution is 7.80. The highest BCUT2D eigenvalue weighted by Gasteiger charge is 2.13. The largest absolute Gasteiger partial charge is 0.332 e. The van der Waals surface area contributed by atoms with Gasteiger partial charge < -0.3 is 10.2 Å². The van der Waals surface area contributed by atoms with Crippen molar-refractivity contribution in [3.8, 4) is 0 Å². The molecule has 0 bridgehead atoms. The molecule has 3 aromatic carbocycles. The molecular formula is C22H22N2S. The highest BCUT2D eigenvalue weighted by Crippen LogP contribution is 2.19. The molecule has 0 unspecified atom stereocenters. The molecule has 0 spiro atoms. The Labute approximate surface area is 155 Å². The van der Waals surface area contributed by atoms with Crippen molar-refractivity contribution >= 4 is 28.7 Å². The smallest absolute Gasteiger partial charge is 0.178 e. The Morgan fingerprint density at radius 1 is 0.840 bits per heavy atom. The Bertz CT molecular complexity index is 816. The van der Waals surface area contributed by atoms with E-state index < -0.39 is 0 Å². The maximum atomic E-state index is 5.73. The summed E-state index contributed by atoms with van der Waals surface area (Å²) >= 11 is 5.73. The van der Waals surface area contributed by atoms with Crippen LogP contribution in [0.15, 0.2) is 84.9 Å². The van der Waals surface area contributed by atoms with E-state index in [1.165, 1.54) is 11.1 Å². The van der Waals surface area contributed by atoms with Crippen LogP contribution in [0.4, 0.5) is 11.4 Å². The van der Waals surface area contributed by atoms with Crippen molar-refractivity contribution < 1.29 is 0 Å². The van der Waals surface area contributed by atoms with Crippen molar-refractivity contribution in [2.45, 2.75) is 19.9 Å². The molecule has 3 rings (SSSR count). The van der Waals surface area contributed by atoms with Gasteiger partial charge in [0.15, 0.2) is 5.11 Å². The van der Waals surface area contributed by atoms with Gasteiger partial charge in [-0.05, 0) is 54.0 Å². The number of rotatable bonds is 5. The first kappa shape index (κ1) is 17.2. The Morgan fingerprint density at radius 3 is 2.16 bits per heavy atom. The third-order valence-electron chi connectivity index (χ3n) is 4.08. The number of para-hydroxylation sites is 1. The number of nitrogens with zero attached hydrogens (tertiary/aromatic N) is 1. The van der Waals surface area contributed by atoms with E-state index in [0.29, 0.717) is 5.11 Å². The quantitative estimate of drug-likeness (QED) is 0.601. The zero-order valence-corrected chi connectivity index (χ0v) is 15.2. The fourth-order valence-corrected chi connectivity index (χ4v) is 3.00. The molecule has 3 heteroatoms. The summed E-state index contributed by atoms with van der Waals surface area (Å²) in [5.74, 6) is 0. The van der Waals surface area contributed by atoms with Gasteiger partial charge in [0.2, 0.25) is 0 Å². The maximum Gasteiger partial charge on any atom is 0.178 e. The van der Waals surface area contributed by atoms with Gasteiger partial charge in [-0.15, -0.1) is 0 Å². The van der Waals surface area contributed by atoms with Crippen LogP contribution in [-0.4, -0.2) is 5.11 Å². The van der Waals surface area contributed by atoms with Crippen LogP contribution in [0.1, 0.15) is 18.1 Å². The number of benzene rings is 3. The van der Waals surface area contributed by atoms with Gasteiger partial charge in [0.05, 0.1) is 6.54 Å². The van der Waals surface area contributed by atoms with Crippen molar-refractivity contribution in [3.05, 3.63) is 96.1 Å². The van der Waals surface area contributed by atoms with E-state index in [1.807, 2.05) is 24.3 Å². The molecule has 0 radical (unpaired) electrons. The summed E-state index contributed by atoms with van der Waals surface area (Å²) in [7, 11) is 0. The van der Waals surface area contributed by atoms with E-state index in [-0.39, 0.29) is 0 Å². The average Bonchev–Trinajstić information content (AvgIpc) is 2.67. The third kappa shape index (κ3) is 4.68. The van der Waals surface area contributed by atoms with Gasteiger partial charge >= 0.3 is 0 Å². The summed E-state index contributed by atoms with van der Waals surface area (Å²) < 4.78 is 0.